The van der Waals surface area contributed by atoms with Crippen LogP contribution in [-0.4, -0.2) is 44.2 Å². The first-order valence-electron chi connectivity index (χ1n) is 7.89. The third-order valence-corrected chi connectivity index (χ3v) is 7.55. The van der Waals surface area contributed by atoms with E-state index in [0.29, 0.717) is 31.5 Å². The van der Waals surface area contributed by atoms with Crippen molar-refractivity contribution in [2.24, 2.45) is 5.92 Å². The highest BCUT2D eigenvalue weighted by Crippen LogP contribution is 2.27. The van der Waals surface area contributed by atoms with Crippen LogP contribution in [0.5, 0.6) is 0 Å². The van der Waals surface area contributed by atoms with Gasteiger partial charge in [-0.3, -0.25) is 0 Å². The van der Waals surface area contributed by atoms with E-state index in [2.05, 4.69) is 5.32 Å². The Balaban J connectivity index is 1.50. The normalized spacial score (nSPS) is 25.4. The molecule has 2 aliphatic heterocycles. The van der Waals surface area contributed by atoms with Gasteiger partial charge in [-0.05, 0) is 56.0 Å². The van der Waals surface area contributed by atoms with Gasteiger partial charge in [-0.25, -0.2) is 12.7 Å². The molecule has 1 unspecified atom stereocenters. The SMILES string of the molecule is O=S(=O)(CCc1cccs1)N1CCC(C2CCCN2)CC1. The second-order valence-electron chi connectivity index (χ2n) is 6.08. The molecule has 0 amide bonds. The van der Waals surface area contributed by atoms with Crippen molar-refractivity contribution in [3.63, 3.8) is 0 Å². The van der Waals surface area contributed by atoms with Gasteiger partial charge >= 0.3 is 0 Å². The molecule has 3 heterocycles. The fourth-order valence-electron chi connectivity index (χ4n) is 3.48. The predicted octanol–water partition coefficient (Wildman–Crippen LogP) is 2.08. The fourth-order valence-corrected chi connectivity index (χ4v) is 5.83. The minimum Gasteiger partial charge on any atom is -0.314 e. The number of hydrogen-bond acceptors (Lipinski definition) is 4. The predicted molar refractivity (Wildman–Crippen MR) is 87.1 cm³/mol. The molecule has 0 radical (unpaired) electrons. The summed E-state index contributed by atoms with van der Waals surface area (Å²) in [6.07, 6.45) is 5.19. The van der Waals surface area contributed by atoms with E-state index in [1.807, 2.05) is 17.5 Å². The van der Waals surface area contributed by atoms with E-state index in [1.165, 1.54) is 12.8 Å². The van der Waals surface area contributed by atoms with Gasteiger partial charge in [0.2, 0.25) is 10.0 Å². The van der Waals surface area contributed by atoms with Gasteiger partial charge in [0.15, 0.2) is 0 Å². The van der Waals surface area contributed by atoms with Crippen molar-refractivity contribution in [2.75, 3.05) is 25.4 Å². The maximum Gasteiger partial charge on any atom is 0.214 e. The van der Waals surface area contributed by atoms with Crippen molar-refractivity contribution in [2.45, 2.75) is 38.1 Å². The Bertz CT molecular complexity index is 528. The number of aryl methyl sites for hydroxylation is 1. The van der Waals surface area contributed by atoms with E-state index in [9.17, 15) is 8.42 Å². The Morgan fingerprint density at radius 3 is 2.71 bits per heavy atom. The Kier molecular flexibility index (Phi) is 4.99. The zero-order valence-corrected chi connectivity index (χ0v) is 14.0. The highest BCUT2D eigenvalue weighted by molar-refractivity contribution is 7.89. The minimum atomic E-state index is -3.09. The fraction of sp³-hybridized carbons (Fsp3) is 0.733. The molecule has 0 bridgehead atoms. The number of piperidine rings is 1. The zero-order valence-electron chi connectivity index (χ0n) is 12.3. The van der Waals surface area contributed by atoms with Crippen molar-refractivity contribution >= 4 is 21.4 Å². The van der Waals surface area contributed by atoms with Crippen molar-refractivity contribution in [1.29, 1.82) is 0 Å². The van der Waals surface area contributed by atoms with Gasteiger partial charge in [0.1, 0.15) is 0 Å². The Morgan fingerprint density at radius 2 is 2.10 bits per heavy atom. The number of sulfonamides is 1. The van der Waals surface area contributed by atoms with Crippen LogP contribution in [0, 0.1) is 5.92 Å². The molecule has 118 valence electrons. The number of nitrogens with zero attached hydrogens (tertiary/aromatic N) is 1. The second kappa shape index (κ2) is 6.77. The summed E-state index contributed by atoms with van der Waals surface area (Å²) in [6, 6.07) is 4.62. The summed E-state index contributed by atoms with van der Waals surface area (Å²) in [5.41, 5.74) is 0. The van der Waals surface area contributed by atoms with Crippen LogP contribution in [0.2, 0.25) is 0 Å². The average molecular weight is 329 g/mol. The number of thiophene rings is 1. The Labute approximate surface area is 131 Å². The first-order valence-corrected chi connectivity index (χ1v) is 10.4. The third-order valence-electron chi connectivity index (χ3n) is 4.75. The summed E-state index contributed by atoms with van der Waals surface area (Å²) in [5, 5.41) is 5.56. The molecular formula is C15H24N2O2S2. The van der Waals surface area contributed by atoms with Crippen LogP contribution in [0.25, 0.3) is 0 Å². The van der Waals surface area contributed by atoms with Crippen molar-refractivity contribution < 1.29 is 8.42 Å². The molecule has 0 aromatic carbocycles. The molecule has 0 aliphatic carbocycles. The molecule has 3 rings (SSSR count). The largest absolute Gasteiger partial charge is 0.314 e. The lowest BCUT2D eigenvalue weighted by Crippen LogP contribution is -2.44. The van der Waals surface area contributed by atoms with Crippen LogP contribution >= 0.6 is 11.3 Å². The molecule has 0 saturated carbocycles. The lowest BCUT2D eigenvalue weighted by Gasteiger charge is -2.34. The van der Waals surface area contributed by atoms with E-state index in [4.69, 9.17) is 0 Å². The van der Waals surface area contributed by atoms with Crippen LogP contribution in [0.4, 0.5) is 0 Å². The smallest absolute Gasteiger partial charge is 0.214 e. The molecule has 6 heteroatoms. The van der Waals surface area contributed by atoms with Crippen LogP contribution in [0.15, 0.2) is 17.5 Å². The maximum atomic E-state index is 12.4. The lowest BCUT2D eigenvalue weighted by molar-refractivity contribution is 0.234. The number of hydrogen-bond donors (Lipinski definition) is 1. The quantitative estimate of drug-likeness (QED) is 0.900. The van der Waals surface area contributed by atoms with Gasteiger partial charge in [0.05, 0.1) is 5.75 Å². The molecule has 2 saturated heterocycles. The number of rotatable bonds is 5. The summed E-state index contributed by atoms with van der Waals surface area (Å²) in [7, 11) is -3.09. The number of nitrogens with one attached hydrogen (secondary N) is 1. The van der Waals surface area contributed by atoms with Gasteiger partial charge < -0.3 is 5.32 Å². The molecular weight excluding hydrogens is 304 g/mol. The van der Waals surface area contributed by atoms with E-state index in [-0.39, 0.29) is 5.75 Å². The van der Waals surface area contributed by atoms with Crippen molar-refractivity contribution in [3.05, 3.63) is 22.4 Å². The highest BCUT2D eigenvalue weighted by Gasteiger charge is 2.32. The first-order chi connectivity index (χ1) is 10.1. The van der Waals surface area contributed by atoms with E-state index < -0.39 is 10.0 Å². The van der Waals surface area contributed by atoms with Gasteiger partial charge in [0.25, 0.3) is 0 Å². The monoisotopic (exact) mass is 328 g/mol. The van der Waals surface area contributed by atoms with Crippen molar-refractivity contribution in [1.82, 2.24) is 9.62 Å². The molecule has 2 fully saturated rings. The van der Waals surface area contributed by atoms with Crippen molar-refractivity contribution in [3.8, 4) is 0 Å². The Morgan fingerprint density at radius 1 is 1.29 bits per heavy atom. The minimum absolute atomic E-state index is 0.250. The molecule has 1 atom stereocenters. The topological polar surface area (TPSA) is 49.4 Å². The van der Waals surface area contributed by atoms with Gasteiger partial charge in [-0.2, -0.15) is 0 Å². The second-order valence-corrected chi connectivity index (χ2v) is 9.21. The first kappa shape index (κ1) is 15.5. The molecule has 2 aliphatic rings. The van der Waals surface area contributed by atoms with Gasteiger partial charge in [-0.1, -0.05) is 6.07 Å². The van der Waals surface area contributed by atoms with Gasteiger partial charge in [-0.15, -0.1) is 11.3 Å². The zero-order chi connectivity index (χ0) is 14.7. The maximum absolute atomic E-state index is 12.4. The van der Waals surface area contributed by atoms with Crippen LogP contribution in [-0.2, 0) is 16.4 Å². The van der Waals surface area contributed by atoms with Crippen LogP contribution in [0.1, 0.15) is 30.6 Å². The summed E-state index contributed by atoms with van der Waals surface area (Å²) in [5.74, 6) is 0.913. The molecule has 1 aromatic heterocycles. The summed E-state index contributed by atoms with van der Waals surface area (Å²) in [6.45, 7) is 2.54. The highest BCUT2D eigenvalue weighted by atomic mass is 32.2. The molecule has 0 spiro atoms. The molecule has 4 nitrogen and oxygen atoms in total. The van der Waals surface area contributed by atoms with Gasteiger partial charge in [0, 0.05) is 24.0 Å². The summed E-state index contributed by atoms with van der Waals surface area (Å²) in [4.78, 5) is 1.16. The Hall–Kier alpha value is -0.430. The molecule has 1 N–H and O–H groups in total. The molecule has 21 heavy (non-hydrogen) atoms. The summed E-state index contributed by atoms with van der Waals surface area (Å²) >= 11 is 1.64. The van der Waals surface area contributed by atoms with E-state index >= 15 is 0 Å². The molecule has 1 aromatic rings. The third kappa shape index (κ3) is 3.86. The summed E-state index contributed by atoms with van der Waals surface area (Å²) < 4.78 is 26.6. The lowest BCUT2D eigenvalue weighted by atomic mass is 9.89. The van der Waals surface area contributed by atoms with E-state index in [1.54, 1.807) is 15.6 Å². The van der Waals surface area contributed by atoms with Crippen LogP contribution in [0.3, 0.4) is 0 Å². The standard InChI is InChI=1S/C15H24N2O2S2/c18-21(19,12-7-14-3-2-11-20-14)17-9-5-13(6-10-17)15-4-1-8-16-15/h2-3,11,13,15-16H,1,4-10,12H2. The van der Waals surface area contributed by atoms with Crippen LogP contribution < -0.4 is 5.32 Å². The average Bonchev–Trinajstić information content (AvgIpc) is 3.19. The van der Waals surface area contributed by atoms with E-state index in [0.717, 1.165) is 24.3 Å².